The number of aryl methyl sites for hydroxylation is 1. The number of ether oxygens (including phenoxy) is 2. The number of halogens is 2. The minimum absolute atomic E-state index is 0.0826. The van der Waals surface area contributed by atoms with Crippen LogP contribution in [-0.4, -0.2) is 31.0 Å². The molecule has 2 aromatic rings. The topological polar surface area (TPSA) is 121 Å². The van der Waals surface area contributed by atoms with Crippen molar-refractivity contribution < 1.29 is 28.3 Å². The Balaban J connectivity index is 2.16. The average Bonchev–Trinajstić information content (AvgIpc) is 2.90. The van der Waals surface area contributed by atoms with Crippen LogP contribution in [0.3, 0.4) is 0 Å². The van der Waals surface area contributed by atoms with Crippen LogP contribution >= 0.6 is 23.2 Å². The van der Waals surface area contributed by atoms with E-state index in [1.807, 2.05) is 0 Å². The van der Waals surface area contributed by atoms with Crippen molar-refractivity contribution >= 4 is 46.9 Å². The van der Waals surface area contributed by atoms with Crippen LogP contribution in [0.5, 0.6) is 5.75 Å². The van der Waals surface area contributed by atoms with Crippen molar-refractivity contribution in [3.63, 3.8) is 0 Å². The summed E-state index contributed by atoms with van der Waals surface area (Å²) >= 11 is 11.7. The predicted molar refractivity (Wildman–Crippen MR) is 98.5 cm³/mol. The van der Waals surface area contributed by atoms with Gasteiger partial charge in [-0.2, -0.15) is 0 Å². The van der Waals surface area contributed by atoms with E-state index in [0.29, 0.717) is 5.02 Å². The zero-order chi connectivity index (χ0) is 20.1. The molecule has 1 heterocycles. The first-order valence-corrected chi connectivity index (χ1v) is 8.48. The summed E-state index contributed by atoms with van der Waals surface area (Å²) < 4.78 is 15.5. The van der Waals surface area contributed by atoms with E-state index in [2.05, 4.69) is 5.32 Å². The number of hydrogen-bond donors (Lipinski definition) is 2. The first-order valence-electron chi connectivity index (χ1n) is 7.72. The summed E-state index contributed by atoms with van der Waals surface area (Å²) in [6.45, 7) is 2.71. The van der Waals surface area contributed by atoms with Gasteiger partial charge in [0.1, 0.15) is 22.6 Å². The van der Waals surface area contributed by atoms with Crippen molar-refractivity contribution in [1.82, 2.24) is 0 Å². The Hall–Kier alpha value is -2.71. The lowest BCUT2D eigenvalue weighted by molar-refractivity contribution is -0.118. The van der Waals surface area contributed by atoms with Crippen LogP contribution in [0.4, 0.5) is 5.88 Å². The zero-order valence-electron chi connectivity index (χ0n) is 14.4. The van der Waals surface area contributed by atoms with E-state index in [0.717, 1.165) is 0 Å². The van der Waals surface area contributed by atoms with Crippen molar-refractivity contribution in [2.75, 3.05) is 18.5 Å². The second kappa shape index (κ2) is 8.79. The molecule has 0 aliphatic heterocycles. The van der Waals surface area contributed by atoms with E-state index in [9.17, 15) is 14.4 Å². The molecule has 2 amide bonds. The Morgan fingerprint density at radius 2 is 1.93 bits per heavy atom. The number of hydrogen-bond acceptors (Lipinski definition) is 6. The lowest BCUT2D eigenvalue weighted by atomic mass is 10.1. The van der Waals surface area contributed by atoms with Gasteiger partial charge in [0, 0.05) is 5.02 Å². The Bertz CT molecular complexity index is 894. The standard InChI is InChI=1S/C17H16Cl2N2O6/c1-3-25-17(24)13-8(2)27-16(14(13)15(20)23)21-12(22)7-26-11-5-4-9(18)6-10(11)19/h4-6H,3,7H2,1-2H3,(H2,20,23)(H,21,22). The third-order valence-corrected chi connectivity index (χ3v) is 3.85. The largest absolute Gasteiger partial charge is 0.482 e. The molecule has 8 nitrogen and oxygen atoms in total. The highest BCUT2D eigenvalue weighted by molar-refractivity contribution is 6.35. The van der Waals surface area contributed by atoms with Crippen LogP contribution in [0.15, 0.2) is 22.6 Å². The molecule has 0 unspecified atom stereocenters. The third kappa shape index (κ3) is 4.93. The van der Waals surface area contributed by atoms with Gasteiger partial charge in [-0.05, 0) is 32.0 Å². The molecule has 0 fully saturated rings. The van der Waals surface area contributed by atoms with Crippen molar-refractivity contribution in [3.05, 3.63) is 45.1 Å². The monoisotopic (exact) mass is 414 g/mol. The Labute approximate surface area is 164 Å². The lowest BCUT2D eigenvalue weighted by Crippen LogP contribution is -2.23. The predicted octanol–water partition coefficient (Wildman–Crippen LogP) is 3.19. The van der Waals surface area contributed by atoms with Crippen LogP contribution in [0.25, 0.3) is 0 Å². The van der Waals surface area contributed by atoms with Gasteiger partial charge >= 0.3 is 5.97 Å². The Morgan fingerprint density at radius 3 is 2.52 bits per heavy atom. The summed E-state index contributed by atoms with van der Waals surface area (Å²) in [5.74, 6) is -2.33. The minimum Gasteiger partial charge on any atom is -0.482 e. The smallest absolute Gasteiger partial charge is 0.342 e. The average molecular weight is 415 g/mol. The molecule has 0 radical (unpaired) electrons. The first kappa shape index (κ1) is 20.6. The number of esters is 1. The number of benzene rings is 1. The maximum absolute atomic E-state index is 12.1. The fraction of sp³-hybridized carbons (Fsp3) is 0.235. The normalized spacial score (nSPS) is 10.4. The molecule has 27 heavy (non-hydrogen) atoms. The van der Waals surface area contributed by atoms with Crippen LogP contribution in [-0.2, 0) is 9.53 Å². The molecular formula is C17H16Cl2N2O6. The van der Waals surface area contributed by atoms with Gasteiger partial charge in [0.15, 0.2) is 6.61 Å². The second-order valence-corrected chi connectivity index (χ2v) is 6.08. The summed E-state index contributed by atoms with van der Waals surface area (Å²) in [6, 6.07) is 4.51. The molecule has 0 saturated heterocycles. The molecule has 1 aromatic carbocycles. The Kier molecular flexibility index (Phi) is 6.70. The fourth-order valence-corrected chi connectivity index (χ4v) is 2.68. The number of furan rings is 1. The zero-order valence-corrected chi connectivity index (χ0v) is 15.9. The lowest BCUT2D eigenvalue weighted by Gasteiger charge is -2.08. The number of rotatable bonds is 7. The second-order valence-electron chi connectivity index (χ2n) is 5.23. The summed E-state index contributed by atoms with van der Waals surface area (Å²) in [5, 5.41) is 2.99. The number of carbonyl (C=O) groups excluding carboxylic acids is 3. The highest BCUT2D eigenvalue weighted by atomic mass is 35.5. The molecule has 0 aliphatic carbocycles. The molecule has 2 rings (SSSR count). The minimum atomic E-state index is -0.952. The van der Waals surface area contributed by atoms with Crippen LogP contribution in [0, 0.1) is 6.92 Å². The highest BCUT2D eigenvalue weighted by Gasteiger charge is 2.29. The molecule has 0 saturated carbocycles. The van der Waals surface area contributed by atoms with Gasteiger partial charge < -0.3 is 19.6 Å². The van der Waals surface area contributed by atoms with Crippen molar-refractivity contribution in [3.8, 4) is 5.75 Å². The van der Waals surface area contributed by atoms with Gasteiger partial charge in [-0.25, -0.2) is 4.79 Å². The van der Waals surface area contributed by atoms with Gasteiger partial charge in [0.25, 0.3) is 11.8 Å². The fourth-order valence-electron chi connectivity index (χ4n) is 2.22. The van der Waals surface area contributed by atoms with Crippen molar-refractivity contribution in [2.24, 2.45) is 5.73 Å². The van der Waals surface area contributed by atoms with Crippen LogP contribution in [0.1, 0.15) is 33.4 Å². The van der Waals surface area contributed by atoms with Gasteiger partial charge in [-0.15, -0.1) is 0 Å². The quantitative estimate of drug-likeness (QED) is 0.670. The molecule has 10 heteroatoms. The molecule has 0 spiro atoms. The van der Waals surface area contributed by atoms with Gasteiger partial charge in [0.05, 0.1) is 11.6 Å². The summed E-state index contributed by atoms with van der Waals surface area (Å²) in [6.07, 6.45) is 0. The van der Waals surface area contributed by atoms with Crippen LogP contribution < -0.4 is 15.8 Å². The summed E-state index contributed by atoms with van der Waals surface area (Å²) in [5.41, 5.74) is 4.91. The number of nitrogens with one attached hydrogen (secondary N) is 1. The summed E-state index contributed by atoms with van der Waals surface area (Å²) in [4.78, 5) is 35.9. The van der Waals surface area contributed by atoms with Crippen molar-refractivity contribution in [2.45, 2.75) is 13.8 Å². The van der Waals surface area contributed by atoms with Crippen molar-refractivity contribution in [1.29, 1.82) is 0 Å². The molecule has 1 aromatic heterocycles. The number of nitrogens with two attached hydrogens (primary N) is 1. The molecule has 3 N–H and O–H groups in total. The van der Waals surface area contributed by atoms with E-state index in [1.54, 1.807) is 13.0 Å². The highest BCUT2D eigenvalue weighted by Crippen LogP contribution is 2.29. The number of amides is 2. The maximum Gasteiger partial charge on any atom is 0.342 e. The number of anilines is 1. The number of carbonyl (C=O) groups is 3. The van der Waals surface area contributed by atoms with E-state index in [4.69, 9.17) is 42.8 Å². The van der Waals surface area contributed by atoms with E-state index in [1.165, 1.54) is 19.1 Å². The molecule has 0 bridgehead atoms. The molecule has 0 aliphatic rings. The van der Waals surface area contributed by atoms with Crippen LogP contribution in [0.2, 0.25) is 10.0 Å². The van der Waals surface area contributed by atoms with Gasteiger partial charge in [-0.3, -0.25) is 14.9 Å². The van der Waals surface area contributed by atoms with Gasteiger partial charge in [-0.1, -0.05) is 23.2 Å². The first-order chi connectivity index (χ1) is 12.7. The van der Waals surface area contributed by atoms with Gasteiger partial charge in [0.2, 0.25) is 5.88 Å². The van der Waals surface area contributed by atoms with E-state index < -0.39 is 24.4 Å². The Morgan fingerprint density at radius 1 is 1.22 bits per heavy atom. The van der Waals surface area contributed by atoms with E-state index >= 15 is 0 Å². The molecular weight excluding hydrogens is 399 g/mol. The molecule has 0 atom stereocenters. The third-order valence-electron chi connectivity index (χ3n) is 3.32. The SMILES string of the molecule is CCOC(=O)c1c(C)oc(NC(=O)COc2ccc(Cl)cc2Cl)c1C(N)=O. The summed E-state index contributed by atoms with van der Waals surface area (Å²) in [7, 11) is 0. The molecule has 144 valence electrons. The maximum atomic E-state index is 12.1. The van der Waals surface area contributed by atoms with E-state index in [-0.39, 0.29) is 40.2 Å². The number of primary amides is 1.